The number of carbonyl (C=O) groups is 2. The number of aromatic nitrogens is 1. The Kier molecular flexibility index (Phi) is 4.97. The van der Waals surface area contributed by atoms with E-state index in [1.165, 1.54) is 36.5 Å². The van der Waals surface area contributed by atoms with Gasteiger partial charge in [-0.1, -0.05) is 12.1 Å². The van der Waals surface area contributed by atoms with Gasteiger partial charge in [0.1, 0.15) is 11.4 Å². The van der Waals surface area contributed by atoms with Crippen LogP contribution in [0.4, 0.5) is 15.8 Å². The highest BCUT2D eigenvalue weighted by molar-refractivity contribution is 7.99. The first-order valence-corrected chi connectivity index (χ1v) is 12.2. The van der Waals surface area contributed by atoms with E-state index in [0.29, 0.717) is 34.0 Å². The monoisotopic (exact) mass is 490 g/mol. The third-order valence-corrected chi connectivity index (χ3v) is 8.32. The molecule has 8 nitrogen and oxygen atoms in total. The third-order valence-electron chi connectivity index (χ3n) is 7.28. The van der Waals surface area contributed by atoms with E-state index in [2.05, 4.69) is 10.3 Å². The molecule has 1 N–H and O–H groups in total. The Bertz CT molecular complexity index is 1390. The van der Waals surface area contributed by atoms with Gasteiger partial charge in [-0.3, -0.25) is 29.6 Å². The predicted octanol–water partition coefficient (Wildman–Crippen LogP) is 3.95. The number of carbonyl (C=O) groups excluding carboxylic acids is 2. The van der Waals surface area contributed by atoms with Gasteiger partial charge in [-0.15, -0.1) is 11.8 Å². The smallest absolute Gasteiger partial charge is 0.269 e. The molecule has 10 heteroatoms. The van der Waals surface area contributed by atoms with Crippen LogP contribution >= 0.6 is 11.8 Å². The van der Waals surface area contributed by atoms with Gasteiger partial charge in [-0.05, 0) is 35.9 Å². The van der Waals surface area contributed by atoms with Gasteiger partial charge in [-0.2, -0.15) is 0 Å². The molecule has 6 rings (SSSR count). The minimum Gasteiger partial charge on any atom is -0.324 e. The van der Waals surface area contributed by atoms with E-state index >= 15 is 0 Å². The maximum absolute atomic E-state index is 14.5. The minimum atomic E-state index is -1.45. The maximum atomic E-state index is 14.5. The molecule has 0 bridgehead atoms. The van der Waals surface area contributed by atoms with Crippen molar-refractivity contribution >= 4 is 34.8 Å². The summed E-state index contributed by atoms with van der Waals surface area (Å²) in [6.45, 7) is 0. The van der Waals surface area contributed by atoms with Crippen molar-refractivity contribution in [2.75, 3.05) is 16.9 Å². The third kappa shape index (κ3) is 3.06. The first kappa shape index (κ1) is 21.9. The number of nitro groups is 1. The minimum absolute atomic E-state index is 0.0875. The van der Waals surface area contributed by atoms with Crippen LogP contribution in [0.25, 0.3) is 0 Å². The number of ketones is 1. The van der Waals surface area contributed by atoms with Crippen LogP contribution in [-0.4, -0.2) is 44.2 Å². The SMILES string of the molecule is O=C(c1cccnc1)[C@@H]1[C@H](c2cccc([N+](=O)[O-])c2)[C@@H]2CSCN2[C@]12C(=O)Nc1ccc(F)cc12. The number of rotatable bonds is 4. The highest BCUT2D eigenvalue weighted by Crippen LogP contribution is 2.61. The van der Waals surface area contributed by atoms with Gasteiger partial charge in [0.2, 0.25) is 5.91 Å². The summed E-state index contributed by atoms with van der Waals surface area (Å²) in [5.74, 6) is -1.57. The van der Waals surface area contributed by atoms with Crippen LogP contribution in [0.2, 0.25) is 0 Å². The van der Waals surface area contributed by atoms with E-state index in [9.17, 15) is 24.1 Å². The summed E-state index contributed by atoms with van der Waals surface area (Å²) in [6, 6.07) is 13.4. The van der Waals surface area contributed by atoms with E-state index in [1.807, 2.05) is 4.90 Å². The lowest BCUT2D eigenvalue weighted by Gasteiger charge is -2.36. The molecule has 0 aliphatic carbocycles. The molecule has 2 aromatic carbocycles. The second kappa shape index (κ2) is 7.96. The fraction of sp³-hybridized carbons (Fsp3) is 0.240. The number of benzene rings is 2. The van der Waals surface area contributed by atoms with Crippen molar-refractivity contribution in [2.24, 2.45) is 5.92 Å². The lowest BCUT2D eigenvalue weighted by molar-refractivity contribution is -0.384. The number of nitrogens with one attached hydrogen (secondary N) is 1. The fourth-order valence-corrected chi connectivity index (χ4v) is 7.28. The molecule has 2 fully saturated rings. The zero-order chi connectivity index (χ0) is 24.3. The van der Waals surface area contributed by atoms with Crippen molar-refractivity contribution in [3.63, 3.8) is 0 Å². The summed E-state index contributed by atoms with van der Waals surface area (Å²) in [6.07, 6.45) is 3.01. The summed E-state index contributed by atoms with van der Waals surface area (Å²) < 4.78 is 14.5. The standard InChI is InChI=1S/C25H19FN4O4S/c26-16-6-7-19-18(10-16)25(24(32)28-19)22(23(31)15-4-2-8-27-11-15)21(20-12-35-13-29(20)25)14-3-1-5-17(9-14)30(33)34/h1-11,20-22H,12-13H2,(H,28,32)/t20-,21+,22-,25-/m0/s1. The number of amides is 1. The Morgan fingerprint density at radius 1 is 1.23 bits per heavy atom. The molecule has 176 valence electrons. The number of anilines is 1. The average Bonchev–Trinajstić information content (AvgIpc) is 3.52. The molecular formula is C25H19FN4O4S. The van der Waals surface area contributed by atoms with Crippen LogP contribution in [0, 0.1) is 21.8 Å². The number of thioether (sulfide) groups is 1. The van der Waals surface area contributed by atoms with Crippen molar-refractivity contribution in [1.82, 2.24) is 9.88 Å². The number of fused-ring (bicyclic) bond motifs is 4. The largest absolute Gasteiger partial charge is 0.324 e. The Balaban J connectivity index is 1.63. The number of Topliss-reactive ketones (excluding diaryl/α,β-unsaturated/α-hetero) is 1. The van der Waals surface area contributed by atoms with Gasteiger partial charge in [0.25, 0.3) is 5.69 Å². The average molecular weight is 491 g/mol. The van der Waals surface area contributed by atoms with E-state index in [0.717, 1.165) is 0 Å². The summed E-state index contributed by atoms with van der Waals surface area (Å²) in [5.41, 5.74) is 0.289. The van der Waals surface area contributed by atoms with Crippen LogP contribution in [0.3, 0.4) is 0 Å². The van der Waals surface area contributed by atoms with Gasteiger partial charge in [0.05, 0.1) is 10.8 Å². The number of halogens is 1. The number of nitro benzene ring substituents is 1. The van der Waals surface area contributed by atoms with Crippen molar-refractivity contribution in [3.05, 3.63) is 99.6 Å². The summed E-state index contributed by atoms with van der Waals surface area (Å²) in [7, 11) is 0. The lowest BCUT2D eigenvalue weighted by atomic mass is 9.69. The van der Waals surface area contributed by atoms with Crippen molar-refractivity contribution in [3.8, 4) is 0 Å². The molecule has 2 saturated heterocycles. The Morgan fingerprint density at radius 3 is 2.86 bits per heavy atom. The highest BCUT2D eigenvalue weighted by Gasteiger charge is 2.69. The first-order valence-electron chi connectivity index (χ1n) is 11.1. The van der Waals surface area contributed by atoms with Gasteiger partial charge in [-0.25, -0.2) is 4.39 Å². The van der Waals surface area contributed by atoms with Gasteiger partial charge < -0.3 is 5.32 Å². The Hall–Kier alpha value is -3.63. The van der Waals surface area contributed by atoms with E-state index in [4.69, 9.17) is 0 Å². The maximum Gasteiger partial charge on any atom is 0.269 e. The van der Waals surface area contributed by atoms with Crippen LogP contribution in [0.5, 0.6) is 0 Å². The normalized spacial score (nSPS) is 27.0. The highest BCUT2D eigenvalue weighted by atomic mass is 32.2. The van der Waals surface area contributed by atoms with Crippen LogP contribution in [0.15, 0.2) is 67.0 Å². The zero-order valence-electron chi connectivity index (χ0n) is 18.3. The molecule has 0 saturated carbocycles. The Morgan fingerprint density at radius 2 is 2.09 bits per heavy atom. The van der Waals surface area contributed by atoms with Crippen molar-refractivity contribution in [2.45, 2.75) is 17.5 Å². The summed E-state index contributed by atoms with van der Waals surface area (Å²) in [4.78, 5) is 45.2. The predicted molar refractivity (Wildman–Crippen MR) is 128 cm³/mol. The molecule has 1 spiro atoms. The molecule has 3 aliphatic heterocycles. The van der Waals surface area contributed by atoms with E-state index < -0.39 is 28.1 Å². The summed E-state index contributed by atoms with van der Waals surface area (Å²) >= 11 is 1.62. The molecule has 0 unspecified atom stereocenters. The van der Waals surface area contributed by atoms with Crippen LogP contribution < -0.4 is 5.32 Å². The van der Waals surface area contributed by atoms with E-state index in [-0.39, 0.29) is 23.4 Å². The van der Waals surface area contributed by atoms with Crippen molar-refractivity contribution < 1.29 is 18.9 Å². The van der Waals surface area contributed by atoms with Gasteiger partial charge in [0.15, 0.2) is 5.78 Å². The number of nitrogens with zero attached hydrogens (tertiary/aromatic N) is 3. The van der Waals surface area contributed by atoms with Crippen LogP contribution in [0.1, 0.15) is 27.4 Å². The fourth-order valence-electron chi connectivity index (χ4n) is 5.95. The van der Waals surface area contributed by atoms with Crippen molar-refractivity contribution in [1.29, 1.82) is 0 Å². The molecule has 3 aliphatic rings. The van der Waals surface area contributed by atoms with Crippen LogP contribution in [-0.2, 0) is 10.3 Å². The first-order chi connectivity index (χ1) is 16.9. The zero-order valence-corrected chi connectivity index (χ0v) is 19.1. The second-order valence-electron chi connectivity index (χ2n) is 8.91. The number of hydrogen-bond acceptors (Lipinski definition) is 7. The molecular weight excluding hydrogens is 471 g/mol. The molecule has 4 atom stereocenters. The second-order valence-corrected chi connectivity index (χ2v) is 9.91. The molecule has 1 aromatic heterocycles. The molecule has 0 radical (unpaired) electrons. The Labute approximate surface area is 203 Å². The topological polar surface area (TPSA) is 105 Å². The summed E-state index contributed by atoms with van der Waals surface area (Å²) in [5, 5.41) is 14.4. The van der Waals surface area contributed by atoms with Gasteiger partial charge in [0, 0.05) is 64.9 Å². The number of hydrogen-bond donors (Lipinski definition) is 1. The van der Waals surface area contributed by atoms with Gasteiger partial charge >= 0.3 is 0 Å². The molecule has 3 aromatic rings. The van der Waals surface area contributed by atoms with E-state index in [1.54, 1.807) is 42.2 Å². The quantitative estimate of drug-likeness (QED) is 0.335. The number of pyridine rings is 1. The number of non-ortho nitro benzene ring substituents is 1. The molecule has 35 heavy (non-hydrogen) atoms. The molecule has 1 amide bonds. The molecule has 4 heterocycles. The lowest BCUT2D eigenvalue weighted by Crippen LogP contribution is -2.52.